The highest BCUT2D eigenvalue weighted by Crippen LogP contribution is 2.49. The van der Waals surface area contributed by atoms with Crippen LogP contribution in [0.15, 0.2) is 27.1 Å². The van der Waals surface area contributed by atoms with E-state index in [1.807, 2.05) is 0 Å². The smallest absolute Gasteiger partial charge is 0.291 e. The third-order valence-corrected chi connectivity index (χ3v) is 3.63. The van der Waals surface area contributed by atoms with Gasteiger partial charge in [-0.25, -0.2) is 0 Å². The molecule has 3 nitrogen and oxygen atoms in total. The fourth-order valence-electron chi connectivity index (χ4n) is 0.927. The second-order valence-electron chi connectivity index (χ2n) is 3.11. The third kappa shape index (κ3) is 9.78. The Morgan fingerprint density at radius 2 is 1.94 bits per heavy atom. The van der Waals surface area contributed by atoms with Crippen LogP contribution >= 0.6 is 49.8 Å². The third-order valence-electron chi connectivity index (χ3n) is 1.61. The van der Waals surface area contributed by atoms with Crippen LogP contribution < -0.4 is 9.84 Å². The van der Waals surface area contributed by atoms with E-state index in [1.165, 1.54) is 0 Å². The van der Waals surface area contributed by atoms with Crippen molar-refractivity contribution < 1.29 is 9.42 Å². The Labute approximate surface area is 135 Å². The number of hydrogen-bond donors (Lipinski definition) is 3. The highest BCUT2D eigenvalue weighted by Gasteiger charge is 2.10. The molecule has 0 spiro atoms. The highest BCUT2D eigenvalue weighted by atomic mass is 79.9. The van der Waals surface area contributed by atoms with Crippen LogP contribution in [0.5, 0.6) is 5.75 Å². The molecular weight excluding hydrogens is 421 g/mol. The van der Waals surface area contributed by atoms with Gasteiger partial charge in [-0.1, -0.05) is 42.0 Å². The van der Waals surface area contributed by atoms with E-state index in [1.54, 1.807) is 18.2 Å². The van der Waals surface area contributed by atoms with E-state index in [0.717, 1.165) is 22.0 Å². The molecule has 1 rings (SSSR count). The molecule has 0 bridgehead atoms. The van der Waals surface area contributed by atoms with Crippen LogP contribution in [0.3, 0.4) is 0 Å². The van der Waals surface area contributed by atoms with Gasteiger partial charge in [-0.2, -0.15) is 0 Å². The minimum atomic E-state index is -2.95. The van der Waals surface area contributed by atoms with Crippen LogP contribution in [-0.2, 0) is 11.8 Å². The number of halogens is 2. The standard InChI is InChI=1S/C6H5Br2O2PS2.C4H11N/c7-4-1-2-6(5(8)3-4)10-11(9,12)13;1-3-5-4-2/h1-3H,(H2,9,12,13);5H,3-4H2,1-2H3. The maximum Gasteiger partial charge on any atom is 0.291 e. The molecule has 0 saturated carbocycles. The van der Waals surface area contributed by atoms with Gasteiger partial charge in [-0.3, -0.25) is 0 Å². The molecule has 18 heavy (non-hydrogen) atoms. The molecule has 1 aromatic rings. The molecule has 104 valence electrons. The minimum absolute atomic E-state index is 0.490. The maximum atomic E-state index is 9.20. The average molecular weight is 437 g/mol. The Balaban J connectivity index is 0.000000494. The molecule has 0 fully saturated rings. The van der Waals surface area contributed by atoms with Gasteiger partial charge < -0.3 is 14.7 Å². The molecule has 0 heterocycles. The van der Waals surface area contributed by atoms with Crippen molar-refractivity contribution in [2.45, 2.75) is 13.8 Å². The number of benzene rings is 1. The predicted octanol–water partition coefficient (Wildman–Crippen LogP) is 4.35. The van der Waals surface area contributed by atoms with Gasteiger partial charge in [-0.15, -0.1) is 0 Å². The normalized spacial score (nSPS) is 13.2. The molecule has 0 aliphatic carbocycles. The Bertz CT molecular complexity index is 413. The molecular formula is C10H16Br2NO2PS2. The fourth-order valence-corrected chi connectivity index (χ4v) is 3.10. The topological polar surface area (TPSA) is 41.5 Å². The summed E-state index contributed by atoms with van der Waals surface area (Å²) >= 11 is 15.0. The van der Waals surface area contributed by atoms with E-state index < -0.39 is 5.69 Å². The van der Waals surface area contributed by atoms with Crippen LogP contribution in [0.2, 0.25) is 0 Å². The van der Waals surface area contributed by atoms with Crippen LogP contribution in [0, 0.1) is 0 Å². The second kappa shape index (κ2) is 9.75. The van der Waals surface area contributed by atoms with Crippen molar-refractivity contribution in [1.29, 1.82) is 0 Å². The fraction of sp³-hybridized carbons (Fsp3) is 0.400. The lowest BCUT2D eigenvalue weighted by Gasteiger charge is -2.11. The number of hydrogen-bond acceptors (Lipinski definition) is 3. The first-order valence-electron chi connectivity index (χ1n) is 5.21. The summed E-state index contributed by atoms with van der Waals surface area (Å²) in [4.78, 5) is 9.20. The lowest BCUT2D eigenvalue weighted by atomic mass is 10.3. The van der Waals surface area contributed by atoms with Crippen molar-refractivity contribution >= 4 is 61.6 Å². The number of rotatable bonds is 4. The molecule has 0 aromatic heterocycles. The Kier molecular flexibility index (Phi) is 10.2. The number of nitrogens with one attached hydrogen (secondary N) is 1. The summed E-state index contributed by atoms with van der Waals surface area (Å²) in [5.74, 6) is 0.490. The van der Waals surface area contributed by atoms with Gasteiger partial charge in [0.2, 0.25) is 0 Å². The maximum absolute atomic E-state index is 9.20. The molecule has 0 aliphatic rings. The monoisotopic (exact) mass is 435 g/mol. The predicted molar refractivity (Wildman–Crippen MR) is 92.2 cm³/mol. The largest absolute Gasteiger partial charge is 0.435 e. The van der Waals surface area contributed by atoms with Gasteiger partial charge in [0, 0.05) is 4.47 Å². The molecule has 1 aromatic carbocycles. The van der Waals surface area contributed by atoms with Gasteiger partial charge in [0.1, 0.15) is 5.75 Å². The molecule has 1 unspecified atom stereocenters. The lowest BCUT2D eigenvalue weighted by Crippen LogP contribution is -2.09. The van der Waals surface area contributed by atoms with Gasteiger partial charge >= 0.3 is 0 Å². The summed E-state index contributed by atoms with van der Waals surface area (Å²) < 4.78 is 6.70. The van der Waals surface area contributed by atoms with Gasteiger partial charge in [-0.05, 0) is 59.0 Å². The highest BCUT2D eigenvalue weighted by molar-refractivity contribution is 9.11. The van der Waals surface area contributed by atoms with Crippen LogP contribution in [0.25, 0.3) is 0 Å². The van der Waals surface area contributed by atoms with Crippen molar-refractivity contribution in [1.82, 2.24) is 5.32 Å². The molecule has 0 amide bonds. The summed E-state index contributed by atoms with van der Waals surface area (Å²) in [7, 11) is 0. The van der Waals surface area contributed by atoms with E-state index in [2.05, 4.69) is 75.1 Å². The zero-order chi connectivity index (χ0) is 14.2. The second-order valence-corrected chi connectivity index (χ2v) is 9.97. The summed E-state index contributed by atoms with van der Waals surface area (Å²) in [5.41, 5.74) is -2.95. The van der Waals surface area contributed by atoms with Crippen molar-refractivity contribution in [3.63, 3.8) is 0 Å². The van der Waals surface area contributed by atoms with E-state index in [4.69, 9.17) is 4.52 Å². The van der Waals surface area contributed by atoms with E-state index in [-0.39, 0.29) is 0 Å². The Morgan fingerprint density at radius 1 is 1.39 bits per heavy atom. The molecule has 8 heteroatoms. The summed E-state index contributed by atoms with van der Waals surface area (Å²) in [6, 6.07) is 5.29. The van der Waals surface area contributed by atoms with Crippen molar-refractivity contribution in [3.8, 4) is 5.75 Å². The van der Waals surface area contributed by atoms with Crippen molar-refractivity contribution in [2.75, 3.05) is 13.1 Å². The lowest BCUT2D eigenvalue weighted by molar-refractivity contribution is 0.503. The van der Waals surface area contributed by atoms with Crippen molar-refractivity contribution in [3.05, 3.63) is 27.1 Å². The molecule has 1 atom stereocenters. The number of thiol groups is 1. The Morgan fingerprint density at radius 3 is 2.28 bits per heavy atom. The summed E-state index contributed by atoms with van der Waals surface area (Å²) in [6.45, 7) is 6.39. The van der Waals surface area contributed by atoms with Gasteiger partial charge in [0.15, 0.2) is 0 Å². The Hall–Kier alpha value is 0.900. The van der Waals surface area contributed by atoms with Gasteiger partial charge in [0.25, 0.3) is 5.69 Å². The molecule has 0 saturated heterocycles. The zero-order valence-corrected chi connectivity index (χ0v) is 15.8. The quantitative estimate of drug-likeness (QED) is 0.484. The van der Waals surface area contributed by atoms with Crippen LogP contribution in [0.4, 0.5) is 0 Å². The SMILES string of the molecule is CCNCC.OP(=S)(S)Oc1ccc(Br)cc1Br. The zero-order valence-electron chi connectivity index (χ0n) is 10.1. The van der Waals surface area contributed by atoms with Crippen molar-refractivity contribution in [2.24, 2.45) is 0 Å². The van der Waals surface area contributed by atoms with Gasteiger partial charge in [0.05, 0.1) is 4.47 Å². The minimum Gasteiger partial charge on any atom is -0.435 e. The molecule has 2 N–H and O–H groups in total. The molecule has 0 aliphatic heterocycles. The van der Waals surface area contributed by atoms with Crippen LogP contribution in [-0.4, -0.2) is 18.0 Å². The summed E-state index contributed by atoms with van der Waals surface area (Å²) in [5, 5.41) is 3.11. The molecule has 0 radical (unpaired) electrons. The summed E-state index contributed by atoms with van der Waals surface area (Å²) in [6.07, 6.45) is 0. The van der Waals surface area contributed by atoms with Crippen LogP contribution in [0.1, 0.15) is 13.8 Å². The first-order chi connectivity index (χ1) is 8.30. The first kappa shape index (κ1) is 18.9. The average Bonchev–Trinajstić information content (AvgIpc) is 2.23. The van der Waals surface area contributed by atoms with E-state index in [9.17, 15) is 4.89 Å². The van der Waals surface area contributed by atoms with E-state index in [0.29, 0.717) is 5.75 Å². The first-order valence-corrected chi connectivity index (χ1v) is 10.6. The van der Waals surface area contributed by atoms with E-state index >= 15 is 0 Å².